The molecule has 2 heterocycles. The van der Waals surface area contributed by atoms with Crippen molar-refractivity contribution in [2.45, 2.75) is 18.9 Å². The molecule has 6 nitrogen and oxygen atoms in total. The molecule has 4 rings (SSSR count). The molecule has 138 valence electrons. The van der Waals surface area contributed by atoms with E-state index in [1.807, 2.05) is 12.1 Å². The van der Waals surface area contributed by atoms with Gasteiger partial charge >= 0.3 is 11.6 Å². The molecule has 0 spiro atoms. The molecule has 0 aliphatic carbocycles. The number of carbonyl (C=O) groups is 1. The summed E-state index contributed by atoms with van der Waals surface area (Å²) in [7, 11) is 1.56. The molecule has 0 N–H and O–H groups in total. The summed E-state index contributed by atoms with van der Waals surface area (Å²) in [6.45, 7) is 1.94. The third-order valence-corrected chi connectivity index (χ3v) is 4.63. The Morgan fingerprint density at radius 3 is 2.74 bits per heavy atom. The molecule has 2 aromatic carbocycles. The summed E-state index contributed by atoms with van der Waals surface area (Å²) >= 11 is 0. The highest BCUT2D eigenvalue weighted by Gasteiger charge is 2.45. The van der Waals surface area contributed by atoms with Gasteiger partial charge in [-0.3, -0.25) is 0 Å². The van der Waals surface area contributed by atoms with E-state index in [0.717, 1.165) is 0 Å². The first kappa shape index (κ1) is 17.1. The lowest BCUT2D eigenvalue weighted by Crippen LogP contribution is -2.32. The lowest BCUT2D eigenvalue weighted by molar-refractivity contribution is -0.151. The van der Waals surface area contributed by atoms with Gasteiger partial charge in [-0.05, 0) is 36.8 Å². The second-order valence-corrected chi connectivity index (χ2v) is 6.17. The van der Waals surface area contributed by atoms with E-state index in [0.29, 0.717) is 33.6 Å². The summed E-state index contributed by atoms with van der Waals surface area (Å²) in [5, 5.41) is 0.645. The first-order chi connectivity index (χ1) is 13.1. The predicted octanol–water partition coefficient (Wildman–Crippen LogP) is 3.26. The van der Waals surface area contributed by atoms with Crippen LogP contribution >= 0.6 is 0 Å². The van der Waals surface area contributed by atoms with Crippen LogP contribution in [0.4, 0.5) is 0 Å². The van der Waals surface area contributed by atoms with Gasteiger partial charge in [-0.1, -0.05) is 24.3 Å². The van der Waals surface area contributed by atoms with Crippen molar-refractivity contribution < 1.29 is 23.4 Å². The van der Waals surface area contributed by atoms with Gasteiger partial charge in [0.2, 0.25) is 6.10 Å². The molecule has 0 radical (unpaired) electrons. The molecule has 1 aliphatic rings. The summed E-state index contributed by atoms with van der Waals surface area (Å²) < 4.78 is 21.9. The zero-order valence-electron chi connectivity index (χ0n) is 14.9. The van der Waals surface area contributed by atoms with Crippen LogP contribution in [0.3, 0.4) is 0 Å². The minimum absolute atomic E-state index is 0.217. The fraction of sp³-hybridized carbons (Fsp3) is 0.238. The SMILES string of the molecule is CCOC(=O)C1Oc2c(c(=O)oc3ccccc23)C1c1cccc(OC)c1. The maximum atomic E-state index is 12.8. The van der Waals surface area contributed by atoms with Crippen LogP contribution in [-0.2, 0) is 9.53 Å². The smallest absolute Gasteiger partial charge is 0.348 e. The fourth-order valence-corrected chi connectivity index (χ4v) is 3.46. The molecule has 0 saturated heterocycles. The average Bonchev–Trinajstić information content (AvgIpc) is 3.10. The first-order valence-corrected chi connectivity index (χ1v) is 8.67. The maximum Gasteiger partial charge on any atom is 0.348 e. The van der Waals surface area contributed by atoms with Crippen LogP contribution in [0.25, 0.3) is 11.0 Å². The van der Waals surface area contributed by atoms with Gasteiger partial charge in [0, 0.05) is 0 Å². The highest BCUT2D eigenvalue weighted by molar-refractivity contribution is 5.88. The monoisotopic (exact) mass is 366 g/mol. The van der Waals surface area contributed by atoms with Gasteiger partial charge in [0.1, 0.15) is 17.1 Å². The Kier molecular flexibility index (Phi) is 4.32. The van der Waals surface area contributed by atoms with Crippen molar-refractivity contribution in [2.24, 2.45) is 0 Å². The number of fused-ring (bicyclic) bond motifs is 3. The van der Waals surface area contributed by atoms with E-state index < -0.39 is 23.6 Å². The number of methoxy groups -OCH3 is 1. The Morgan fingerprint density at radius 1 is 1.15 bits per heavy atom. The number of rotatable bonds is 4. The van der Waals surface area contributed by atoms with Crippen LogP contribution in [-0.4, -0.2) is 25.8 Å². The molecular weight excluding hydrogens is 348 g/mol. The quantitative estimate of drug-likeness (QED) is 0.521. The van der Waals surface area contributed by atoms with Crippen LogP contribution < -0.4 is 15.1 Å². The molecule has 0 bridgehead atoms. The first-order valence-electron chi connectivity index (χ1n) is 8.67. The summed E-state index contributed by atoms with van der Waals surface area (Å²) in [6.07, 6.45) is -0.972. The number of para-hydroxylation sites is 1. The Hall–Kier alpha value is -3.28. The molecular formula is C21H18O6. The normalized spacial score (nSPS) is 18.0. The van der Waals surface area contributed by atoms with Crippen LogP contribution in [0, 0.1) is 0 Å². The fourth-order valence-electron chi connectivity index (χ4n) is 3.46. The zero-order valence-corrected chi connectivity index (χ0v) is 14.9. The molecule has 0 amide bonds. The molecule has 3 aromatic rings. The second-order valence-electron chi connectivity index (χ2n) is 6.17. The Balaban J connectivity index is 1.95. The van der Waals surface area contributed by atoms with E-state index in [4.69, 9.17) is 18.6 Å². The number of ether oxygens (including phenoxy) is 3. The number of carbonyl (C=O) groups excluding carboxylic acids is 1. The topological polar surface area (TPSA) is 75.0 Å². The summed E-state index contributed by atoms with van der Waals surface area (Å²) in [4.78, 5) is 25.3. The van der Waals surface area contributed by atoms with E-state index in [1.165, 1.54) is 0 Å². The molecule has 2 unspecified atom stereocenters. The van der Waals surface area contributed by atoms with Gasteiger partial charge in [0.25, 0.3) is 0 Å². The van der Waals surface area contributed by atoms with Crippen molar-refractivity contribution in [3.63, 3.8) is 0 Å². The highest BCUT2D eigenvalue weighted by Crippen LogP contribution is 2.45. The molecule has 1 aromatic heterocycles. The van der Waals surface area contributed by atoms with Crippen molar-refractivity contribution >= 4 is 16.9 Å². The molecule has 6 heteroatoms. The predicted molar refractivity (Wildman–Crippen MR) is 98.4 cm³/mol. The van der Waals surface area contributed by atoms with Crippen molar-refractivity contribution in [1.82, 2.24) is 0 Å². The van der Waals surface area contributed by atoms with E-state index in [1.54, 1.807) is 50.4 Å². The third-order valence-electron chi connectivity index (χ3n) is 4.63. The third kappa shape index (κ3) is 2.83. The standard InChI is InChI=1S/C21H18O6/c1-3-25-21(23)19-16(12-7-6-8-13(11-12)24-2)17-18(27-19)14-9-4-5-10-15(14)26-20(17)22/h4-11,16,19H,3H2,1-2H3. The van der Waals surface area contributed by atoms with Crippen molar-refractivity contribution in [2.75, 3.05) is 13.7 Å². The van der Waals surface area contributed by atoms with E-state index in [2.05, 4.69) is 0 Å². The molecule has 0 fully saturated rings. The van der Waals surface area contributed by atoms with Gasteiger partial charge < -0.3 is 18.6 Å². The summed E-state index contributed by atoms with van der Waals surface area (Å²) in [5.41, 5.74) is 0.923. The largest absolute Gasteiger partial charge is 0.497 e. The van der Waals surface area contributed by atoms with Crippen LogP contribution in [0.2, 0.25) is 0 Å². The Bertz CT molecular complexity index is 1070. The number of hydrogen-bond acceptors (Lipinski definition) is 6. The second kappa shape index (κ2) is 6.79. The van der Waals surface area contributed by atoms with E-state index in [-0.39, 0.29) is 6.61 Å². The van der Waals surface area contributed by atoms with Gasteiger partial charge in [0.15, 0.2) is 0 Å². The number of benzene rings is 2. The van der Waals surface area contributed by atoms with Crippen molar-refractivity contribution in [3.05, 3.63) is 70.1 Å². The zero-order chi connectivity index (χ0) is 19.0. The molecule has 2 atom stereocenters. The minimum Gasteiger partial charge on any atom is -0.497 e. The highest BCUT2D eigenvalue weighted by atomic mass is 16.6. The van der Waals surface area contributed by atoms with Crippen molar-refractivity contribution in [1.29, 1.82) is 0 Å². The lowest BCUT2D eigenvalue weighted by atomic mass is 9.88. The molecule has 0 saturated carbocycles. The Labute approximate surface area is 155 Å². The van der Waals surface area contributed by atoms with Crippen molar-refractivity contribution in [3.8, 4) is 11.5 Å². The maximum absolute atomic E-state index is 12.8. The van der Waals surface area contributed by atoms with Crippen LogP contribution in [0.1, 0.15) is 24.0 Å². The van der Waals surface area contributed by atoms with E-state index in [9.17, 15) is 9.59 Å². The molecule has 1 aliphatic heterocycles. The average molecular weight is 366 g/mol. The van der Waals surface area contributed by atoms with Gasteiger partial charge in [-0.25, -0.2) is 9.59 Å². The molecule has 27 heavy (non-hydrogen) atoms. The number of hydrogen-bond donors (Lipinski definition) is 0. The Morgan fingerprint density at radius 2 is 1.96 bits per heavy atom. The minimum atomic E-state index is -0.972. The van der Waals surface area contributed by atoms with Crippen LogP contribution in [0.15, 0.2) is 57.7 Å². The lowest BCUT2D eigenvalue weighted by Gasteiger charge is -2.18. The van der Waals surface area contributed by atoms with Gasteiger partial charge in [0.05, 0.1) is 30.6 Å². The van der Waals surface area contributed by atoms with Crippen LogP contribution in [0.5, 0.6) is 11.5 Å². The van der Waals surface area contributed by atoms with Gasteiger partial charge in [-0.15, -0.1) is 0 Å². The number of esters is 1. The van der Waals surface area contributed by atoms with E-state index >= 15 is 0 Å². The summed E-state index contributed by atoms with van der Waals surface area (Å²) in [6, 6.07) is 14.3. The summed E-state index contributed by atoms with van der Waals surface area (Å²) in [5.74, 6) is -0.179. The van der Waals surface area contributed by atoms with Gasteiger partial charge in [-0.2, -0.15) is 0 Å².